The predicted octanol–water partition coefficient (Wildman–Crippen LogP) is 4.91. The Morgan fingerprint density at radius 1 is 0.931 bits per heavy atom. The normalized spacial score (nSPS) is 12.9. The van der Waals surface area contributed by atoms with E-state index < -0.39 is 5.97 Å². The van der Waals surface area contributed by atoms with Crippen LogP contribution >= 0.6 is 11.6 Å². The lowest BCUT2D eigenvalue weighted by Crippen LogP contribution is -2.23. The van der Waals surface area contributed by atoms with Crippen LogP contribution in [-0.4, -0.2) is 17.0 Å². The van der Waals surface area contributed by atoms with Gasteiger partial charge in [0.2, 0.25) is 0 Å². The van der Waals surface area contributed by atoms with Crippen LogP contribution in [0.25, 0.3) is 0 Å². The molecule has 1 aliphatic rings. The third-order valence-corrected chi connectivity index (χ3v) is 5.58. The van der Waals surface area contributed by atoms with Crippen molar-refractivity contribution < 1.29 is 14.7 Å². The molecule has 1 aliphatic heterocycles. The van der Waals surface area contributed by atoms with E-state index in [1.807, 2.05) is 24.3 Å². The summed E-state index contributed by atoms with van der Waals surface area (Å²) < 4.78 is 0. The van der Waals surface area contributed by atoms with Crippen LogP contribution in [0.2, 0.25) is 5.02 Å². The molecule has 1 heterocycles. The second-order valence-corrected chi connectivity index (χ2v) is 7.58. The van der Waals surface area contributed by atoms with Gasteiger partial charge in [-0.1, -0.05) is 60.1 Å². The third kappa shape index (κ3) is 4.03. The van der Waals surface area contributed by atoms with Crippen molar-refractivity contribution in [1.82, 2.24) is 0 Å². The molecule has 1 amide bonds. The number of anilines is 1. The third-order valence-electron chi connectivity index (χ3n) is 5.26. The van der Waals surface area contributed by atoms with Crippen molar-refractivity contribution >= 4 is 29.2 Å². The smallest absolute Gasteiger partial charge is 0.307 e. The monoisotopic (exact) mass is 405 g/mol. The van der Waals surface area contributed by atoms with Crippen LogP contribution in [-0.2, 0) is 30.6 Å². The van der Waals surface area contributed by atoms with Crippen LogP contribution in [0.5, 0.6) is 0 Å². The minimum absolute atomic E-state index is 0.0378. The van der Waals surface area contributed by atoms with Gasteiger partial charge >= 0.3 is 5.97 Å². The Kier molecular flexibility index (Phi) is 5.36. The first-order valence-corrected chi connectivity index (χ1v) is 9.87. The van der Waals surface area contributed by atoms with E-state index >= 15 is 0 Å². The molecule has 0 saturated heterocycles. The van der Waals surface area contributed by atoms with Crippen LogP contribution < -0.4 is 4.90 Å². The van der Waals surface area contributed by atoms with Gasteiger partial charge in [-0.3, -0.25) is 9.59 Å². The van der Waals surface area contributed by atoms with E-state index in [4.69, 9.17) is 16.7 Å². The number of carboxylic acids is 1. The van der Waals surface area contributed by atoms with Crippen molar-refractivity contribution in [3.8, 4) is 0 Å². The summed E-state index contributed by atoms with van der Waals surface area (Å²) in [6, 6.07) is 21.2. The number of benzene rings is 3. The number of carbonyl (C=O) groups is 2. The van der Waals surface area contributed by atoms with E-state index in [0.29, 0.717) is 22.7 Å². The highest BCUT2D eigenvalue weighted by Crippen LogP contribution is 2.35. The fourth-order valence-electron chi connectivity index (χ4n) is 3.77. The van der Waals surface area contributed by atoms with Gasteiger partial charge in [0.05, 0.1) is 23.6 Å². The van der Waals surface area contributed by atoms with Crippen LogP contribution in [0.3, 0.4) is 0 Å². The molecule has 3 aromatic carbocycles. The average Bonchev–Trinajstić information content (AvgIpc) is 3.07. The molecule has 29 heavy (non-hydrogen) atoms. The van der Waals surface area contributed by atoms with Crippen LogP contribution in [0, 0.1) is 0 Å². The van der Waals surface area contributed by atoms with Crippen molar-refractivity contribution in [2.75, 3.05) is 4.90 Å². The number of carbonyl (C=O) groups excluding carboxylic acids is 1. The van der Waals surface area contributed by atoms with Crippen molar-refractivity contribution in [1.29, 1.82) is 0 Å². The summed E-state index contributed by atoms with van der Waals surface area (Å²) in [6.45, 7) is 0.469. The fourth-order valence-corrected chi connectivity index (χ4v) is 4.03. The minimum atomic E-state index is -0.878. The molecule has 0 radical (unpaired) electrons. The van der Waals surface area contributed by atoms with Gasteiger partial charge in [-0.05, 0) is 53.3 Å². The number of rotatable bonds is 6. The molecule has 0 aliphatic carbocycles. The number of amides is 1. The molecule has 1 N–H and O–H groups in total. The Balaban J connectivity index is 1.58. The zero-order valence-electron chi connectivity index (χ0n) is 15.8. The number of hydrogen-bond donors (Lipinski definition) is 1. The number of carboxylic acid groups (broad SMARTS) is 1. The Bertz CT molecular complexity index is 1060. The van der Waals surface area contributed by atoms with Gasteiger partial charge in [0.15, 0.2) is 0 Å². The second-order valence-electron chi connectivity index (χ2n) is 7.17. The number of aliphatic carboxylic acids is 1. The highest BCUT2D eigenvalue weighted by atomic mass is 35.5. The highest BCUT2D eigenvalue weighted by molar-refractivity contribution is 6.35. The number of halogens is 1. The molecule has 0 fully saturated rings. The summed E-state index contributed by atoms with van der Waals surface area (Å²) in [5.74, 6) is -0.991. The van der Waals surface area contributed by atoms with Crippen LogP contribution in [0.1, 0.15) is 32.6 Å². The molecule has 0 saturated carbocycles. The zero-order chi connectivity index (χ0) is 20.4. The van der Waals surface area contributed by atoms with E-state index in [0.717, 1.165) is 29.7 Å². The Morgan fingerprint density at radius 3 is 2.34 bits per heavy atom. The van der Waals surface area contributed by atoms with Gasteiger partial charge in [-0.15, -0.1) is 0 Å². The number of fused-ring (bicyclic) bond motifs is 1. The van der Waals surface area contributed by atoms with E-state index in [1.165, 1.54) is 5.56 Å². The first-order valence-electron chi connectivity index (χ1n) is 9.49. The van der Waals surface area contributed by atoms with E-state index in [2.05, 4.69) is 12.1 Å². The summed E-state index contributed by atoms with van der Waals surface area (Å²) in [5.41, 5.74) is 5.38. The van der Waals surface area contributed by atoms with E-state index in [9.17, 15) is 9.59 Å². The molecule has 0 bridgehead atoms. The lowest BCUT2D eigenvalue weighted by atomic mass is 9.97. The van der Waals surface area contributed by atoms with Crippen molar-refractivity contribution in [2.45, 2.75) is 25.8 Å². The number of aryl methyl sites for hydroxylation is 2. The first-order chi connectivity index (χ1) is 14.0. The molecule has 0 spiro atoms. The molecule has 0 aromatic heterocycles. The molecular weight excluding hydrogens is 386 g/mol. The lowest BCUT2D eigenvalue weighted by Gasteiger charge is -2.16. The van der Waals surface area contributed by atoms with E-state index in [1.54, 1.807) is 35.2 Å². The molecule has 0 atom stereocenters. The summed E-state index contributed by atoms with van der Waals surface area (Å²) in [7, 11) is 0. The summed E-state index contributed by atoms with van der Waals surface area (Å²) in [5, 5.41) is 9.39. The average molecular weight is 406 g/mol. The van der Waals surface area contributed by atoms with Gasteiger partial charge in [-0.2, -0.15) is 0 Å². The number of hydrogen-bond acceptors (Lipinski definition) is 2. The van der Waals surface area contributed by atoms with Gasteiger partial charge in [0.25, 0.3) is 5.91 Å². The van der Waals surface area contributed by atoms with Gasteiger partial charge in [0.1, 0.15) is 0 Å². The minimum Gasteiger partial charge on any atom is -0.481 e. The van der Waals surface area contributed by atoms with Crippen molar-refractivity contribution in [3.63, 3.8) is 0 Å². The Morgan fingerprint density at radius 2 is 1.66 bits per heavy atom. The van der Waals surface area contributed by atoms with Crippen molar-refractivity contribution in [2.24, 2.45) is 0 Å². The quantitative estimate of drug-likeness (QED) is 0.633. The molecule has 0 unspecified atom stereocenters. The van der Waals surface area contributed by atoms with Crippen LogP contribution in [0.4, 0.5) is 5.69 Å². The predicted molar refractivity (Wildman–Crippen MR) is 114 cm³/mol. The molecule has 3 aromatic rings. The standard InChI is InChI=1S/C24H20ClNO3/c25-21-13-10-18(9-6-16-4-2-1-3-5-16)20-15-26(24(29)23(20)21)19-11-7-17(8-12-19)14-22(27)28/h1-5,7-8,10-13H,6,9,14-15H2,(H,27,28). The van der Waals surface area contributed by atoms with Crippen LogP contribution in [0.15, 0.2) is 66.7 Å². The highest BCUT2D eigenvalue weighted by Gasteiger charge is 2.32. The molecule has 146 valence electrons. The fraction of sp³-hybridized carbons (Fsp3) is 0.167. The molecule has 5 heteroatoms. The molecular formula is C24H20ClNO3. The van der Waals surface area contributed by atoms with Crippen molar-refractivity contribution in [3.05, 3.63) is 99.6 Å². The maximum Gasteiger partial charge on any atom is 0.307 e. The van der Waals surface area contributed by atoms with Gasteiger partial charge in [-0.25, -0.2) is 0 Å². The Labute approximate surface area is 174 Å². The lowest BCUT2D eigenvalue weighted by molar-refractivity contribution is -0.136. The topological polar surface area (TPSA) is 57.6 Å². The summed E-state index contributed by atoms with van der Waals surface area (Å²) in [6.07, 6.45) is 1.69. The zero-order valence-corrected chi connectivity index (χ0v) is 16.5. The largest absolute Gasteiger partial charge is 0.481 e. The van der Waals surface area contributed by atoms with Gasteiger partial charge < -0.3 is 10.0 Å². The summed E-state index contributed by atoms with van der Waals surface area (Å²) >= 11 is 6.38. The van der Waals surface area contributed by atoms with E-state index in [-0.39, 0.29) is 12.3 Å². The maximum atomic E-state index is 13.1. The number of nitrogens with zero attached hydrogens (tertiary/aromatic N) is 1. The first kappa shape index (κ1) is 19.2. The second kappa shape index (κ2) is 8.10. The van der Waals surface area contributed by atoms with Gasteiger partial charge in [0, 0.05) is 5.69 Å². The summed E-state index contributed by atoms with van der Waals surface area (Å²) in [4.78, 5) is 25.6. The molecule has 4 nitrogen and oxygen atoms in total. The molecule has 4 rings (SSSR count). The SMILES string of the molecule is O=C(O)Cc1ccc(N2Cc3c(CCc4ccccc4)ccc(Cl)c3C2=O)cc1. The maximum absolute atomic E-state index is 13.1. The Hall–Kier alpha value is -3.11.